The van der Waals surface area contributed by atoms with Crippen LogP contribution in [0.1, 0.15) is 24.0 Å². The molecule has 1 heterocycles. The van der Waals surface area contributed by atoms with Gasteiger partial charge in [-0.3, -0.25) is 4.79 Å². The highest BCUT2D eigenvalue weighted by Crippen LogP contribution is 2.14. The quantitative estimate of drug-likeness (QED) is 0.633. The average Bonchev–Trinajstić information content (AvgIpc) is 2.26. The molecule has 3 nitrogen and oxygen atoms in total. The van der Waals surface area contributed by atoms with E-state index in [-0.39, 0.29) is 12.6 Å². The lowest BCUT2D eigenvalue weighted by atomic mass is 10.3. The summed E-state index contributed by atoms with van der Waals surface area (Å²) in [6.45, 7) is 5.40. The molecule has 0 fully saturated rings. The van der Waals surface area contributed by atoms with Gasteiger partial charge in [0.05, 0.1) is 0 Å². The molecule has 0 amide bonds. The lowest BCUT2D eigenvalue weighted by Crippen LogP contribution is -1.98. The van der Waals surface area contributed by atoms with E-state index >= 15 is 0 Å². The maximum absolute atomic E-state index is 10.5. The Bertz CT molecular complexity index is 286. The molecular formula is C9H12O3. The van der Waals surface area contributed by atoms with E-state index in [0.717, 1.165) is 17.1 Å². The van der Waals surface area contributed by atoms with Crippen molar-refractivity contribution in [1.29, 1.82) is 0 Å². The van der Waals surface area contributed by atoms with Crippen molar-refractivity contribution in [3.8, 4) is 0 Å². The van der Waals surface area contributed by atoms with Crippen molar-refractivity contribution in [2.75, 3.05) is 0 Å². The highest BCUT2D eigenvalue weighted by molar-refractivity contribution is 5.65. The second-order valence-corrected chi connectivity index (χ2v) is 2.74. The number of hydrogen-bond acceptors (Lipinski definition) is 3. The van der Waals surface area contributed by atoms with Crippen molar-refractivity contribution < 1.29 is 13.9 Å². The van der Waals surface area contributed by atoms with Crippen LogP contribution in [0.15, 0.2) is 10.5 Å². The molecule has 0 unspecified atom stereocenters. The van der Waals surface area contributed by atoms with Gasteiger partial charge >= 0.3 is 5.97 Å². The van der Waals surface area contributed by atoms with Gasteiger partial charge in [-0.2, -0.15) is 0 Å². The van der Waals surface area contributed by atoms with Crippen molar-refractivity contribution in [3.05, 3.63) is 23.2 Å². The molecule has 0 N–H and O–H groups in total. The molecule has 0 spiro atoms. The maximum Gasteiger partial charge on any atom is 0.303 e. The Balaban J connectivity index is 2.62. The second kappa shape index (κ2) is 3.43. The Labute approximate surface area is 71.3 Å². The van der Waals surface area contributed by atoms with Gasteiger partial charge in [-0.15, -0.1) is 0 Å². The molecule has 0 atom stereocenters. The van der Waals surface area contributed by atoms with Crippen LogP contribution >= 0.6 is 0 Å². The van der Waals surface area contributed by atoms with Crippen LogP contribution < -0.4 is 0 Å². The summed E-state index contributed by atoms with van der Waals surface area (Å²) >= 11 is 0. The van der Waals surface area contributed by atoms with Gasteiger partial charge in [0.15, 0.2) is 0 Å². The van der Waals surface area contributed by atoms with Gasteiger partial charge in [0, 0.05) is 6.92 Å². The molecule has 12 heavy (non-hydrogen) atoms. The van der Waals surface area contributed by atoms with Crippen LogP contribution in [0.3, 0.4) is 0 Å². The van der Waals surface area contributed by atoms with Crippen LogP contribution in [0.25, 0.3) is 0 Å². The van der Waals surface area contributed by atoms with E-state index in [1.807, 2.05) is 19.9 Å². The van der Waals surface area contributed by atoms with Gasteiger partial charge in [0.2, 0.25) is 0 Å². The second-order valence-electron chi connectivity index (χ2n) is 2.74. The summed E-state index contributed by atoms with van der Waals surface area (Å²) in [6, 6.07) is 1.92. The van der Waals surface area contributed by atoms with Gasteiger partial charge in [0.25, 0.3) is 0 Å². The molecule has 0 aliphatic heterocycles. The molecular weight excluding hydrogens is 156 g/mol. The van der Waals surface area contributed by atoms with Crippen LogP contribution in [0, 0.1) is 13.8 Å². The van der Waals surface area contributed by atoms with Crippen LogP contribution in [0.4, 0.5) is 0 Å². The van der Waals surface area contributed by atoms with E-state index in [2.05, 4.69) is 0 Å². The summed E-state index contributed by atoms with van der Waals surface area (Å²) in [6.07, 6.45) is 0. The number of rotatable bonds is 2. The summed E-state index contributed by atoms with van der Waals surface area (Å²) in [5.41, 5.74) is 1.02. The van der Waals surface area contributed by atoms with Crippen LogP contribution in [0.5, 0.6) is 0 Å². The minimum atomic E-state index is -0.288. The topological polar surface area (TPSA) is 39.4 Å². The third kappa shape index (κ3) is 2.12. The van der Waals surface area contributed by atoms with Crippen molar-refractivity contribution in [2.45, 2.75) is 27.4 Å². The van der Waals surface area contributed by atoms with Gasteiger partial charge in [-0.25, -0.2) is 0 Å². The third-order valence-electron chi connectivity index (χ3n) is 1.55. The monoisotopic (exact) mass is 168 g/mol. The van der Waals surface area contributed by atoms with Crippen LogP contribution in [-0.4, -0.2) is 5.97 Å². The Kier molecular flexibility index (Phi) is 2.53. The Morgan fingerprint density at radius 2 is 2.25 bits per heavy atom. The molecule has 0 aromatic carbocycles. The van der Waals surface area contributed by atoms with E-state index in [1.165, 1.54) is 6.92 Å². The van der Waals surface area contributed by atoms with Crippen LogP contribution in [-0.2, 0) is 16.1 Å². The SMILES string of the molecule is CC(=O)OCc1oc(C)cc1C. The molecule has 0 bridgehead atoms. The van der Waals surface area contributed by atoms with Crippen molar-refractivity contribution in [1.82, 2.24) is 0 Å². The summed E-state index contributed by atoms with van der Waals surface area (Å²) in [4.78, 5) is 10.5. The van der Waals surface area contributed by atoms with Crippen LogP contribution in [0.2, 0.25) is 0 Å². The number of ether oxygens (including phenoxy) is 1. The Morgan fingerprint density at radius 3 is 2.67 bits per heavy atom. The summed E-state index contributed by atoms with van der Waals surface area (Å²) in [5, 5.41) is 0. The predicted octanol–water partition coefficient (Wildman–Crippen LogP) is 1.96. The van der Waals surface area contributed by atoms with Gasteiger partial charge < -0.3 is 9.15 Å². The molecule has 0 saturated heterocycles. The summed E-state index contributed by atoms with van der Waals surface area (Å²) in [7, 11) is 0. The van der Waals surface area contributed by atoms with E-state index in [1.54, 1.807) is 0 Å². The first-order valence-electron chi connectivity index (χ1n) is 3.79. The molecule has 1 aromatic heterocycles. The van der Waals surface area contributed by atoms with Gasteiger partial charge in [-0.1, -0.05) is 0 Å². The fourth-order valence-electron chi connectivity index (χ4n) is 1.00. The van der Waals surface area contributed by atoms with Crippen molar-refractivity contribution >= 4 is 5.97 Å². The summed E-state index contributed by atoms with van der Waals surface area (Å²) in [5.74, 6) is 1.28. The predicted molar refractivity (Wildman–Crippen MR) is 43.7 cm³/mol. The number of aryl methyl sites for hydroxylation is 2. The van der Waals surface area contributed by atoms with E-state index in [9.17, 15) is 4.79 Å². The van der Waals surface area contributed by atoms with Crippen molar-refractivity contribution in [3.63, 3.8) is 0 Å². The van der Waals surface area contributed by atoms with Gasteiger partial charge in [0.1, 0.15) is 18.1 Å². The molecule has 0 aliphatic rings. The third-order valence-corrected chi connectivity index (χ3v) is 1.55. The van der Waals surface area contributed by atoms with E-state index < -0.39 is 0 Å². The highest BCUT2D eigenvalue weighted by atomic mass is 16.5. The normalized spacial score (nSPS) is 9.92. The fourth-order valence-corrected chi connectivity index (χ4v) is 1.00. The number of hydrogen-bond donors (Lipinski definition) is 0. The zero-order chi connectivity index (χ0) is 9.14. The zero-order valence-corrected chi connectivity index (χ0v) is 7.51. The minimum Gasteiger partial charge on any atom is -0.462 e. The highest BCUT2D eigenvalue weighted by Gasteiger charge is 2.05. The number of carbonyl (C=O) groups is 1. The number of furan rings is 1. The lowest BCUT2D eigenvalue weighted by Gasteiger charge is -1.98. The number of esters is 1. The Morgan fingerprint density at radius 1 is 1.58 bits per heavy atom. The smallest absolute Gasteiger partial charge is 0.303 e. The van der Waals surface area contributed by atoms with Gasteiger partial charge in [-0.05, 0) is 25.5 Å². The average molecular weight is 168 g/mol. The first-order valence-corrected chi connectivity index (χ1v) is 3.79. The molecule has 1 rings (SSSR count). The lowest BCUT2D eigenvalue weighted by molar-refractivity contribution is -0.142. The molecule has 66 valence electrons. The standard InChI is InChI=1S/C9H12O3/c1-6-4-7(2)12-9(6)5-11-8(3)10/h4H,5H2,1-3H3. The first-order chi connectivity index (χ1) is 5.59. The number of carbonyl (C=O) groups excluding carboxylic acids is 1. The maximum atomic E-state index is 10.5. The molecule has 0 aliphatic carbocycles. The van der Waals surface area contributed by atoms with E-state index in [4.69, 9.17) is 9.15 Å². The molecule has 0 saturated carbocycles. The zero-order valence-electron chi connectivity index (χ0n) is 7.51. The Hall–Kier alpha value is -1.25. The van der Waals surface area contributed by atoms with Crippen molar-refractivity contribution in [2.24, 2.45) is 0 Å². The minimum absolute atomic E-state index is 0.231. The van der Waals surface area contributed by atoms with E-state index in [0.29, 0.717) is 0 Å². The first kappa shape index (κ1) is 8.84. The molecule has 3 heteroatoms. The molecule has 1 aromatic rings. The summed E-state index contributed by atoms with van der Waals surface area (Å²) < 4.78 is 10.1. The molecule has 0 radical (unpaired) electrons. The largest absolute Gasteiger partial charge is 0.462 e. The fraction of sp³-hybridized carbons (Fsp3) is 0.444.